The van der Waals surface area contributed by atoms with E-state index in [1.165, 1.54) is 0 Å². The molecule has 0 bridgehead atoms. The van der Waals surface area contributed by atoms with E-state index in [1.807, 2.05) is 6.92 Å². The van der Waals surface area contributed by atoms with Crippen LogP contribution in [0.1, 0.15) is 34.1 Å². The molecule has 0 heterocycles. The second-order valence-corrected chi connectivity index (χ2v) is 5.94. The molecular formula is C9H20NO4S-. The van der Waals surface area contributed by atoms with Crippen LogP contribution in [0.5, 0.6) is 0 Å². The van der Waals surface area contributed by atoms with E-state index in [4.69, 9.17) is 9.11 Å². The van der Waals surface area contributed by atoms with Crippen molar-refractivity contribution in [2.75, 3.05) is 5.75 Å². The number of carbonyl (C=O) groups is 1. The zero-order valence-electron chi connectivity index (χ0n) is 9.61. The predicted molar refractivity (Wildman–Crippen MR) is 60.2 cm³/mol. The van der Waals surface area contributed by atoms with Gasteiger partial charge in [-0.05, 0) is 20.3 Å². The van der Waals surface area contributed by atoms with Gasteiger partial charge in [-0.15, -0.1) is 10.9 Å². The average Bonchev–Trinajstić information content (AvgIpc) is 1.96. The van der Waals surface area contributed by atoms with Crippen LogP contribution in [0.15, 0.2) is 0 Å². The van der Waals surface area contributed by atoms with Crippen LogP contribution in [0.25, 0.3) is 0 Å². The minimum Gasteiger partial charge on any atom is -0.773 e. The highest BCUT2D eigenvalue weighted by Gasteiger charge is 2.25. The van der Waals surface area contributed by atoms with Crippen molar-refractivity contribution in [3.05, 3.63) is 0 Å². The van der Waals surface area contributed by atoms with Crippen LogP contribution in [-0.4, -0.2) is 30.9 Å². The van der Waals surface area contributed by atoms with E-state index < -0.39 is 16.4 Å². The highest BCUT2D eigenvalue weighted by Crippen LogP contribution is 2.36. The smallest absolute Gasteiger partial charge is 0.223 e. The Kier molecular flexibility index (Phi) is 5.05. The van der Waals surface area contributed by atoms with E-state index in [0.29, 0.717) is 6.42 Å². The summed E-state index contributed by atoms with van der Waals surface area (Å²) in [5.74, 6) is -0.689. The Morgan fingerprint density at radius 1 is 1.53 bits per heavy atom. The maximum Gasteiger partial charge on any atom is 0.223 e. The molecular weight excluding hydrogens is 218 g/mol. The Morgan fingerprint density at radius 2 is 2.00 bits per heavy atom. The lowest BCUT2D eigenvalue weighted by atomic mass is 10.0. The first-order chi connectivity index (χ1) is 6.57. The molecule has 0 rings (SSSR count). The number of nitrogens with one attached hydrogen (secondary N) is 1. The summed E-state index contributed by atoms with van der Waals surface area (Å²) in [5.41, 5.74) is -0.888. The average molecular weight is 238 g/mol. The van der Waals surface area contributed by atoms with Crippen molar-refractivity contribution in [2.24, 2.45) is 5.92 Å². The van der Waals surface area contributed by atoms with Crippen LogP contribution in [0, 0.1) is 5.92 Å². The highest BCUT2D eigenvalue weighted by atomic mass is 32.3. The van der Waals surface area contributed by atoms with Crippen LogP contribution < -0.4 is 5.32 Å². The number of carbonyl (C=O) groups excluding carboxylic acids is 1. The van der Waals surface area contributed by atoms with Gasteiger partial charge in [0.2, 0.25) is 5.91 Å². The molecule has 92 valence electrons. The van der Waals surface area contributed by atoms with Crippen LogP contribution in [0.3, 0.4) is 0 Å². The van der Waals surface area contributed by atoms with E-state index in [-0.39, 0.29) is 17.6 Å². The summed E-state index contributed by atoms with van der Waals surface area (Å²) in [6, 6.07) is 0. The topological polar surface area (TPSA) is 92.6 Å². The van der Waals surface area contributed by atoms with Crippen LogP contribution in [0.4, 0.5) is 0 Å². The van der Waals surface area contributed by atoms with Crippen LogP contribution in [0.2, 0.25) is 0 Å². The molecule has 0 aliphatic rings. The van der Waals surface area contributed by atoms with Gasteiger partial charge < -0.3 is 19.0 Å². The second kappa shape index (κ2) is 5.16. The Balaban J connectivity index is 4.32. The molecule has 0 aromatic heterocycles. The second-order valence-electron chi connectivity index (χ2n) is 4.43. The summed E-state index contributed by atoms with van der Waals surface area (Å²) < 4.78 is 28.4. The van der Waals surface area contributed by atoms with Crippen molar-refractivity contribution in [3.8, 4) is 0 Å². The van der Waals surface area contributed by atoms with Gasteiger partial charge in [0.15, 0.2) is 0 Å². The molecule has 6 heteroatoms. The first-order valence-electron chi connectivity index (χ1n) is 4.86. The molecule has 0 fully saturated rings. The molecule has 0 aromatic carbocycles. The summed E-state index contributed by atoms with van der Waals surface area (Å²) in [6.45, 7) is 6.86. The minimum atomic E-state index is -3.82. The maximum atomic E-state index is 11.5. The van der Waals surface area contributed by atoms with Crippen LogP contribution in [-0.2, 0) is 4.79 Å². The Morgan fingerprint density at radius 3 is 2.33 bits per heavy atom. The molecule has 15 heavy (non-hydrogen) atoms. The third-order valence-electron chi connectivity index (χ3n) is 2.07. The SMILES string of the molecule is CCC(C)C(=O)NC(C)(C)CS([O-])(O)O. The Labute approximate surface area is 92.4 Å². The van der Waals surface area contributed by atoms with Crippen molar-refractivity contribution < 1.29 is 18.5 Å². The first-order valence-corrected chi connectivity index (χ1v) is 6.50. The molecule has 0 saturated carbocycles. The van der Waals surface area contributed by atoms with Crippen molar-refractivity contribution in [3.63, 3.8) is 0 Å². The van der Waals surface area contributed by atoms with Gasteiger partial charge in [0.25, 0.3) is 0 Å². The van der Waals surface area contributed by atoms with E-state index in [1.54, 1.807) is 20.8 Å². The molecule has 0 aliphatic carbocycles. The van der Waals surface area contributed by atoms with Gasteiger partial charge in [-0.25, -0.2) is 0 Å². The molecule has 0 spiro atoms. The van der Waals surface area contributed by atoms with Crippen molar-refractivity contribution in [1.29, 1.82) is 0 Å². The zero-order chi connectivity index (χ0) is 12.3. The summed E-state index contributed by atoms with van der Waals surface area (Å²) in [6.07, 6.45) is 0.704. The van der Waals surface area contributed by atoms with E-state index >= 15 is 0 Å². The molecule has 1 atom stereocenters. The van der Waals surface area contributed by atoms with Crippen molar-refractivity contribution in [1.82, 2.24) is 5.32 Å². The first kappa shape index (κ1) is 14.7. The lowest BCUT2D eigenvalue weighted by Crippen LogP contribution is -2.49. The Hall–Kier alpha value is -0.300. The fourth-order valence-corrected chi connectivity index (χ4v) is 2.16. The van der Waals surface area contributed by atoms with E-state index in [0.717, 1.165) is 0 Å². The van der Waals surface area contributed by atoms with Gasteiger partial charge >= 0.3 is 0 Å². The number of hydrogen-bond acceptors (Lipinski definition) is 4. The summed E-state index contributed by atoms with van der Waals surface area (Å²) in [5, 5.41) is 2.63. The van der Waals surface area contributed by atoms with Gasteiger partial charge in [-0.2, -0.15) is 0 Å². The molecule has 0 aromatic rings. The maximum absolute atomic E-state index is 11.5. The Bertz CT molecular complexity index is 225. The quantitative estimate of drug-likeness (QED) is 0.681. The largest absolute Gasteiger partial charge is 0.773 e. The fraction of sp³-hybridized carbons (Fsp3) is 0.889. The standard InChI is InChI=1S/C9H21NO4S/c1-5-7(2)8(11)10-9(3,4)6-15(12,13)14/h7,12-14H,5-6H2,1-4H3,(H,10,11)/p-1. The zero-order valence-corrected chi connectivity index (χ0v) is 10.4. The van der Waals surface area contributed by atoms with Gasteiger partial charge in [-0.3, -0.25) is 4.79 Å². The molecule has 0 aliphatic heterocycles. The third-order valence-corrected chi connectivity index (χ3v) is 3.17. The number of hydrogen-bond donors (Lipinski definition) is 3. The summed E-state index contributed by atoms with van der Waals surface area (Å²) in [4.78, 5) is 11.5. The van der Waals surface area contributed by atoms with Gasteiger partial charge in [0.05, 0.1) is 0 Å². The van der Waals surface area contributed by atoms with Crippen molar-refractivity contribution >= 4 is 16.8 Å². The minimum absolute atomic E-state index is 0.141. The summed E-state index contributed by atoms with van der Waals surface area (Å²) in [7, 11) is -3.82. The van der Waals surface area contributed by atoms with Gasteiger partial charge in [0.1, 0.15) is 0 Å². The monoisotopic (exact) mass is 238 g/mol. The molecule has 5 nitrogen and oxygen atoms in total. The number of rotatable bonds is 5. The molecule has 0 saturated heterocycles. The molecule has 1 amide bonds. The normalized spacial score (nSPS) is 15.9. The molecule has 0 radical (unpaired) electrons. The highest BCUT2D eigenvalue weighted by molar-refractivity contribution is 8.19. The van der Waals surface area contributed by atoms with E-state index in [9.17, 15) is 9.35 Å². The number of amides is 1. The summed E-state index contributed by atoms with van der Waals surface area (Å²) >= 11 is 0. The fourth-order valence-electron chi connectivity index (χ4n) is 1.15. The van der Waals surface area contributed by atoms with Crippen molar-refractivity contribution in [2.45, 2.75) is 39.7 Å². The van der Waals surface area contributed by atoms with Crippen LogP contribution >= 0.6 is 10.9 Å². The third kappa shape index (κ3) is 6.72. The van der Waals surface area contributed by atoms with Gasteiger partial charge in [0, 0.05) is 17.2 Å². The lowest BCUT2D eigenvalue weighted by molar-refractivity contribution is -0.125. The van der Waals surface area contributed by atoms with E-state index in [2.05, 4.69) is 5.32 Å². The predicted octanol–water partition coefficient (Wildman–Crippen LogP) is 1.81. The molecule has 1 unspecified atom stereocenters. The lowest BCUT2D eigenvalue weighted by Gasteiger charge is -2.41. The van der Waals surface area contributed by atoms with Gasteiger partial charge in [-0.1, -0.05) is 13.8 Å². The molecule has 3 N–H and O–H groups in total.